The van der Waals surface area contributed by atoms with E-state index in [1.54, 1.807) is 6.20 Å². The van der Waals surface area contributed by atoms with E-state index in [1.807, 2.05) is 35.4 Å². The first-order valence-corrected chi connectivity index (χ1v) is 7.16. The smallest absolute Gasteiger partial charge is 0.254 e. The van der Waals surface area contributed by atoms with E-state index in [0.717, 1.165) is 36.1 Å². The summed E-state index contributed by atoms with van der Waals surface area (Å²) in [5.74, 6) is 0.149. The molecule has 1 amide bonds. The molecule has 0 aliphatic carbocycles. The molecule has 20 heavy (non-hydrogen) atoms. The van der Waals surface area contributed by atoms with Crippen molar-refractivity contribution in [3.63, 3.8) is 0 Å². The van der Waals surface area contributed by atoms with Crippen LogP contribution in [0.15, 0.2) is 36.7 Å². The minimum absolute atomic E-state index is 0.149. The van der Waals surface area contributed by atoms with Gasteiger partial charge in [-0.3, -0.25) is 9.89 Å². The monoisotopic (exact) mass is 269 g/mol. The molecule has 1 N–H and O–H groups in total. The van der Waals surface area contributed by atoms with Crippen molar-refractivity contribution in [1.29, 1.82) is 0 Å². The molecule has 4 nitrogen and oxygen atoms in total. The standard InChI is InChI=1S/C16H19N3O/c1-12-4-2-3-9-19(12)16(20)14-7-5-13(6-8-14)15-10-17-18-11-15/h5-8,10-12H,2-4,9H2,1H3,(H,17,18). The number of nitrogens with one attached hydrogen (secondary N) is 1. The zero-order valence-corrected chi connectivity index (χ0v) is 11.7. The van der Waals surface area contributed by atoms with Gasteiger partial charge in [0.05, 0.1) is 6.20 Å². The van der Waals surface area contributed by atoms with Crippen LogP contribution >= 0.6 is 0 Å². The number of carbonyl (C=O) groups is 1. The first-order valence-electron chi connectivity index (χ1n) is 7.16. The zero-order valence-electron chi connectivity index (χ0n) is 11.7. The summed E-state index contributed by atoms with van der Waals surface area (Å²) in [5, 5.41) is 6.74. The van der Waals surface area contributed by atoms with Gasteiger partial charge >= 0.3 is 0 Å². The summed E-state index contributed by atoms with van der Waals surface area (Å²) in [6.07, 6.45) is 7.08. The fourth-order valence-electron chi connectivity index (χ4n) is 2.78. The highest BCUT2D eigenvalue weighted by Gasteiger charge is 2.23. The van der Waals surface area contributed by atoms with Gasteiger partial charge in [0.1, 0.15) is 0 Å². The first kappa shape index (κ1) is 12.9. The van der Waals surface area contributed by atoms with E-state index in [9.17, 15) is 4.79 Å². The Morgan fingerprint density at radius 3 is 2.70 bits per heavy atom. The number of hydrogen-bond acceptors (Lipinski definition) is 2. The number of piperidine rings is 1. The Labute approximate surface area is 118 Å². The summed E-state index contributed by atoms with van der Waals surface area (Å²) in [4.78, 5) is 14.5. The van der Waals surface area contributed by atoms with Crippen LogP contribution in [0.2, 0.25) is 0 Å². The molecule has 4 heteroatoms. The molecule has 0 radical (unpaired) electrons. The molecule has 0 saturated carbocycles. The molecular weight excluding hydrogens is 250 g/mol. The second kappa shape index (κ2) is 5.49. The third-order valence-electron chi connectivity index (χ3n) is 4.03. The van der Waals surface area contributed by atoms with Gasteiger partial charge < -0.3 is 4.90 Å². The molecule has 1 aromatic heterocycles. The van der Waals surface area contributed by atoms with Crippen LogP contribution in [-0.4, -0.2) is 33.6 Å². The molecular formula is C16H19N3O. The van der Waals surface area contributed by atoms with Gasteiger partial charge in [0.25, 0.3) is 5.91 Å². The third-order valence-corrected chi connectivity index (χ3v) is 4.03. The molecule has 1 aromatic carbocycles. The fraction of sp³-hybridized carbons (Fsp3) is 0.375. The van der Waals surface area contributed by atoms with Crippen molar-refractivity contribution in [2.75, 3.05) is 6.54 Å². The van der Waals surface area contributed by atoms with Crippen molar-refractivity contribution in [3.05, 3.63) is 42.2 Å². The van der Waals surface area contributed by atoms with E-state index in [4.69, 9.17) is 0 Å². The van der Waals surface area contributed by atoms with E-state index in [1.165, 1.54) is 6.42 Å². The zero-order chi connectivity index (χ0) is 13.9. The van der Waals surface area contributed by atoms with Crippen molar-refractivity contribution in [3.8, 4) is 11.1 Å². The lowest BCUT2D eigenvalue weighted by atomic mass is 10.0. The maximum atomic E-state index is 12.5. The van der Waals surface area contributed by atoms with Crippen LogP contribution < -0.4 is 0 Å². The van der Waals surface area contributed by atoms with Crippen molar-refractivity contribution < 1.29 is 4.79 Å². The molecule has 1 unspecified atom stereocenters. The van der Waals surface area contributed by atoms with Gasteiger partial charge in [-0.05, 0) is 43.9 Å². The second-order valence-corrected chi connectivity index (χ2v) is 5.41. The Bertz CT molecular complexity index is 574. The molecule has 1 aliphatic rings. The van der Waals surface area contributed by atoms with Gasteiger partial charge in [-0.15, -0.1) is 0 Å². The Balaban J connectivity index is 1.78. The molecule has 1 saturated heterocycles. The Hall–Kier alpha value is -2.10. The van der Waals surface area contributed by atoms with Crippen molar-refractivity contribution in [2.24, 2.45) is 0 Å². The van der Waals surface area contributed by atoms with Crippen LogP contribution in [0.3, 0.4) is 0 Å². The maximum Gasteiger partial charge on any atom is 0.254 e. The predicted octanol–water partition coefficient (Wildman–Crippen LogP) is 3.09. The average Bonchev–Trinajstić information content (AvgIpc) is 3.01. The van der Waals surface area contributed by atoms with Crippen LogP contribution in [0, 0.1) is 0 Å². The number of benzene rings is 1. The van der Waals surface area contributed by atoms with Crippen molar-refractivity contribution in [2.45, 2.75) is 32.2 Å². The maximum absolute atomic E-state index is 12.5. The van der Waals surface area contributed by atoms with E-state index >= 15 is 0 Å². The van der Waals surface area contributed by atoms with Crippen molar-refractivity contribution >= 4 is 5.91 Å². The number of amides is 1. The summed E-state index contributed by atoms with van der Waals surface area (Å²) >= 11 is 0. The highest BCUT2D eigenvalue weighted by molar-refractivity contribution is 5.95. The lowest BCUT2D eigenvalue weighted by Crippen LogP contribution is -2.41. The molecule has 2 aromatic rings. The van der Waals surface area contributed by atoms with Crippen LogP contribution in [0.25, 0.3) is 11.1 Å². The highest BCUT2D eigenvalue weighted by Crippen LogP contribution is 2.22. The third kappa shape index (κ3) is 2.46. The van der Waals surface area contributed by atoms with Gasteiger partial charge in [0.2, 0.25) is 0 Å². The topological polar surface area (TPSA) is 49.0 Å². The largest absolute Gasteiger partial charge is 0.336 e. The lowest BCUT2D eigenvalue weighted by molar-refractivity contribution is 0.0635. The Morgan fingerprint density at radius 1 is 1.25 bits per heavy atom. The van der Waals surface area contributed by atoms with E-state index in [-0.39, 0.29) is 5.91 Å². The highest BCUT2D eigenvalue weighted by atomic mass is 16.2. The number of H-pyrrole nitrogens is 1. The number of likely N-dealkylation sites (tertiary alicyclic amines) is 1. The van der Waals surface area contributed by atoms with Crippen molar-refractivity contribution in [1.82, 2.24) is 15.1 Å². The summed E-state index contributed by atoms with van der Waals surface area (Å²) in [7, 11) is 0. The van der Waals surface area contributed by atoms with E-state index in [2.05, 4.69) is 17.1 Å². The number of aromatic amines is 1. The minimum atomic E-state index is 0.149. The molecule has 3 rings (SSSR count). The second-order valence-electron chi connectivity index (χ2n) is 5.41. The van der Waals surface area contributed by atoms with E-state index in [0.29, 0.717) is 6.04 Å². The number of carbonyl (C=O) groups excluding carboxylic acids is 1. The Morgan fingerprint density at radius 2 is 2.05 bits per heavy atom. The molecule has 1 atom stereocenters. The molecule has 0 bridgehead atoms. The summed E-state index contributed by atoms with van der Waals surface area (Å²) < 4.78 is 0. The van der Waals surface area contributed by atoms with Gasteiger partial charge in [-0.25, -0.2) is 0 Å². The molecule has 0 spiro atoms. The number of rotatable bonds is 2. The van der Waals surface area contributed by atoms with Gasteiger partial charge in [-0.2, -0.15) is 5.10 Å². The molecule has 1 aliphatic heterocycles. The molecule has 104 valence electrons. The number of aromatic nitrogens is 2. The minimum Gasteiger partial charge on any atom is -0.336 e. The van der Waals surface area contributed by atoms with Gasteiger partial charge in [-0.1, -0.05) is 12.1 Å². The quantitative estimate of drug-likeness (QED) is 0.910. The molecule has 2 heterocycles. The van der Waals surface area contributed by atoms with Crippen LogP contribution in [0.5, 0.6) is 0 Å². The Kier molecular flexibility index (Phi) is 3.54. The SMILES string of the molecule is CC1CCCCN1C(=O)c1ccc(-c2cn[nH]c2)cc1. The van der Waals surface area contributed by atoms with Crippen LogP contribution in [0.4, 0.5) is 0 Å². The van der Waals surface area contributed by atoms with Gasteiger partial charge in [0.15, 0.2) is 0 Å². The number of nitrogens with zero attached hydrogens (tertiary/aromatic N) is 2. The lowest BCUT2D eigenvalue weighted by Gasteiger charge is -2.33. The molecule has 1 fully saturated rings. The van der Waals surface area contributed by atoms with E-state index < -0.39 is 0 Å². The fourth-order valence-corrected chi connectivity index (χ4v) is 2.78. The van der Waals surface area contributed by atoms with Gasteiger partial charge in [0, 0.05) is 29.9 Å². The normalized spacial score (nSPS) is 19.1. The average molecular weight is 269 g/mol. The summed E-state index contributed by atoms with van der Waals surface area (Å²) in [6, 6.07) is 8.13. The van der Waals surface area contributed by atoms with Crippen LogP contribution in [0.1, 0.15) is 36.5 Å². The van der Waals surface area contributed by atoms with Crippen LogP contribution in [-0.2, 0) is 0 Å². The first-order chi connectivity index (χ1) is 9.75. The summed E-state index contributed by atoms with van der Waals surface area (Å²) in [5.41, 5.74) is 2.88. The predicted molar refractivity (Wildman–Crippen MR) is 78.4 cm³/mol. The summed E-state index contributed by atoms with van der Waals surface area (Å²) in [6.45, 7) is 3.01. The number of hydrogen-bond donors (Lipinski definition) is 1.